The van der Waals surface area contributed by atoms with Gasteiger partial charge < -0.3 is 4.90 Å². The predicted octanol–water partition coefficient (Wildman–Crippen LogP) is 4.19. The summed E-state index contributed by atoms with van der Waals surface area (Å²) in [4.78, 5) is 12.6. The van der Waals surface area contributed by atoms with E-state index < -0.39 is 0 Å². The lowest BCUT2D eigenvalue weighted by Gasteiger charge is -2.30. The number of thiol groups is 1. The summed E-state index contributed by atoms with van der Waals surface area (Å²) in [6.07, 6.45) is 6.63. The third kappa shape index (κ3) is 2.94. The summed E-state index contributed by atoms with van der Waals surface area (Å²) >= 11 is 4.51. The Morgan fingerprint density at radius 2 is 1.93 bits per heavy atom. The molecule has 0 saturated heterocycles. The first-order valence-corrected chi connectivity index (χ1v) is 9.83. The highest BCUT2D eigenvalue weighted by molar-refractivity contribution is 7.80. The molecular weight excluding hydrogens is 366 g/mol. The molecule has 1 aliphatic rings. The van der Waals surface area contributed by atoms with Gasteiger partial charge in [-0.15, -0.1) is 12.6 Å². The molecule has 0 spiro atoms. The zero-order chi connectivity index (χ0) is 19.3. The number of fused-ring (bicyclic) bond motifs is 2. The first-order chi connectivity index (χ1) is 13.6. The second kappa shape index (κ2) is 6.63. The van der Waals surface area contributed by atoms with E-state index in [9.17, 15) is 0 Å². The van der Waals surface area contributed by atoms with Crippen LogP contribution in [-0.2, 0) is 20.0 Å². The Morgan fingerprint density at radius 1 is 1.04 bits per heavy atom. The summed E-state index contributed by atoms with van der Waals surface area (Å²) in [5.74, 6) is 0.994. The van der Waals surface area contributed by atoms with Crippen molar-refractivity contribution in [2.24, 2.45) is 7.05 Å². The van der Waals surface area contributed by atoms with E-state index in [0.29, 0.717) is 0 Å². The molecule has 140 valence electrons. The summed E-state index contributed by atoms with van der Waals surface area (Å²) < 4.78 is 1.83. The Labute approximate surface area is 169 Å². The first-order valence-electron chi connectivity index (χ1n) is 9.38. The number of anilines is 1. The molecule has 0 saturated carbocycles. The normalized spacial score (nSPS) is 13.8. The minimum Gasteiger partial charge on any atom is -0.351 e. The van der Waals surface area contributed by atoms with Crippen LogP contribution in [0.1, 0.15) is 16.7 Å². The van der Waals surface area contributed by atoms with Crippen LogP contribution in [0.25, 0.3) is 22.0 Å². The van der Waals surface area contributed by atoms with E-state index in [1.165, 1.54) is 11.1 Å². The van der Waals surface area contributed by atoms with Crippen LogP contribution in [0.5, 0.6) is 0 Å². The molecule has 0 aliphatic carbocycles. The Morgan fingerprint density at radius 3 is 2.75 bits per heavy atom. The van der Waals surface area contributed by atoms with Crippen molar-refractivity contribution in [2.45, 2.75) is 24.8 Å². The van der Waals surface area contributed by atoms with Gasteiger partial charge in [-0.3, -0.25) is 4.68 Å². The molecule has 3 heterocycles. The van der Waals surface area contributed by atoms with Crippen molar-refractivity contribution in [3.8, 4) is 11.1 Å². The Kier molecular flexibility index (Phi) is 4.09. The third-order valence-corrected chi connectivity index (χ3v) is 5.73. The van der Waals surface area contributed by atoms with Gasteiger partial charge in [-0.05, 0) is 59.9 Å². The van der Waals surface area contributed by atoms with E-state index in [1.54, 1.807) is 6.33 Å². The molecule has 0 fully saturated rings. The lowest BCUT2D eigenvalue weighted by Crippen LogP contribution is -2.31. The first kappa shape index (κ1) is 17.3. The molecule has 2 aromatic carbocycles. The lowest BCUT2D eigenvalue weighted by molar-refractivity contribution is 0.721. The maximum Gasteiger partial charge on any atom is 0.140 e. The van der Waals surface area contributed by atoms with Crippen molar-refractivity contribution >= 4 is 29.3 Å². The SMILES string of the molecule is Cc1cc(-c2cnn(C)c2)cc2c(N3CCc4ccc(S)cc4C3)ncnc12. The van der Waals surface area contributed by atoms with Gasteiger partial charge in [0.05, 0.1) is 11.7 Å². The van der Waals surface area contributed by atoms with Crippen molar-refractivity contribution in [1.82, 2.24) is 19.7 Å². The molecule has 0 N–H and O–H groups in total. The van der Waals surface area contributed by atoms with Crippen LogP contribution < -0.4 is 4.90 Å². The lowest BCUT2D eigenvalue weighted by atomic mass is 9.98. The van der Waals surface area contributed by atoms with E-state index in [0.717, 1.165) is 57.8 Å². The highest BCUT2D eigenvalue weighted by Gasteiger charge is 2.20. The average molecular weight is 388 g/mol. The van der Waals surface area contributed by atoms with Crippen LogP contribution >= 0.6 is 12.6 Å². The number of rotatable bonds is 2. The third-order valence-electron chi connectivity index (χ3n) is 5.45. The summed E-state index contributed by atoms with van der Waals surface area (Å²) in [7, 11) is 1.94. The van der Waals surface area contributed by atoms with Gasteiger partial charge in [0.25, 0.3) is 0 Å². The molecule has 4 aromatic rings. The van der Waals surface area contributed by atoms with Gasteiger partial charge in [-0.1, -0.05) is 6.07 Å². The molecule has 5 nitrogen and oxygen atoms in total. The minimum atomic E-state index is 0.839. The number of hydrogen-bond donors (Lipinski definition) is 1. The summed E-state index contributed by atoms with van der Waals surface area (Å²) in [5, 5.41) is 5.41. The molecule has 6 heteroatoms. The van der Waals surface area contributed by atoms with Gasteiger partial charge in [0, 0.05) is 42.2 Å². The summed E-state index contributed by atoms with van der Waals surface area (Å²) in [6, 6.07) is 10.8. The van der Waals surface area contributed by atoms with Crippen LogP contribution in [0.2, 0.25) is 0 Å². The van der Waals surface area contributed by atoms with Crippen LogP contribution in [0, 0.1) is 6.92 Å². The standard InChI is InChI=1S/C22H21N5S/c1-14-7-16(18-10-25-26(2)11-18)9-20-21(14)23-13-24-22(20)27-6-5-15-3-4-19(28)8-17(15)12-27/h3-4,7-11,13,28H,5-6,12H2,1-2H3. The Bertz CT molecular complexity index is 1200. The predicted molar refractivity (Wildman–Crippen MR) is 115 cm³/mol. The van der Waals surface area contributed by atoms with Crippen molar-refractivity contribution in [1.29, 1.82) is 0 Å². The van der Waals surface area contributed by atoms with E-state index in [-0.39, 0.29) is 0 Å². The topological polar surface area (TPSA) is 46.8 Å². The quantitative estimate of drug-likeness (QED) is 0.524. The molecular formula is C22H21N5S. The fraction of sp³-hybridized carbons (Fsp3) is 0.227. The van der Waals surface area contributed by atoms with Crippen LogP contribution in [0.4, 0.5) is 5.82 Å². The molecule has 0 amide bonds. The minimum absolute atomic E-state index is 0.839. The summed E-state index contributed by atoms with van der Waals surface area (Å²) in [6.45, 7) is 3.89. The van der Waals surface area contributed by atoms with Gasteiger partial charge in [0.2, 0.25) is 0 Å². The van der Waals surface area contributed by atoms with Crippen LogP contribution in [-0.4, -0.2) is 26.3 Å². The Balaban J connectivity index is 1.62. The zero-order valence-electron chi connectivity index (χ0n) is 15.9. The van der Waals surface area contributed by atoms with Crippen molar-refractivity contribution < 1.29 is 0 Å². The molecule has 1 aliphatic heterocycles. The van der Waals surface area contributed by atoms with Gasteiger partial charge >= 0.3 is 0 Å². The van der Waals surface area contributed by atoms with Crippen molar-refractivity contribution in [3.05, 3.63) is 65.7 Å². The zero-order valence-corrected chi connectivity index (χ0v) is 16.8. The van der Waals surface area contributed by atoms with E-state index >= 15 is 0 Å². The second-order valence-corrected chi connectivity index (χ2v) is 7.93. The van der Waals surface area contributed by atoms with Gasteiger partial charge in [0.1, 0.15) is 12.1 Å². The van der Waals surface area contributed by atoms with E-state index in [4.69, 9.17) is 0 Å². The van der Waals surface area contributed by atoms with E-state index in [2.05, 4.69) is 69.9 Å². The number of nitrogens with zero attached hydrogens (tertiary/aromatic N) is 5. The molecule has 5 rings (SSSR count). The largest absolute Gasteiger partial charge is 0.351 e. The monoisotopic (exact) mass is 387 g/mol. The highest BCUT2D eigenvalue weighted by atomic mass is 32.1. The fourth-order valence-corrected chi connectivity index (χ4v) is 4.28. The molecule has 0 atom stereocenters. The van der Waals surface area contributed by atoms with Gasteiger partial charge in [-0.2, -0.15) is 5.10 Å². The second-order valence-electron chi connectivity index (χ2n) is 7.41. The van der Waals surface area contributed by atoms with Gasteiger partial charge in [-0.25, -0.2) is 9.97 Å². The number of benzene rings is 2. The van der Waals surface area contributed by atoms with Gasteiger partial charge in [0.15, 0.2) is 0 Å². The highest BCUT2D eigenvalue weighted by Crippen LogP contribution is 2.33. The number of aromatic nitrogens is 4. The molecule has 0 radical (unpaired) electrons. The maximum atomic E-state index is 4.68. The molecule has 28 heavy (non-hydrogen) atoms. The number of hydrogen-bond acceptors (Lipinski definition) is 5. The maximum absolute atomic E-state index is 4.68. The van der Waals surface area contributed by atoms with Crippen LogP contribution in [0.15, 0.2) is 53.9 Å². The molecule has 0 bridgehead atoms. The van der Waals surface area contributed by atoms with Crippen molar-refractivity contribution in [2.75, 3.05) is 11.4 Å². The smallest absolute Gasteiger partial charge is 0.140 e. The van der Waals surface area contributed by atoms with Crippen LogP contribution in [0.3, 0.4) is 0 Å². The molecule has 0 unspecified atom stereocenters. The number of aryl methyl sites for hydroxylation is 2. The van der Waals surface area contributed by atoms with E-state index in [1.807, 2.05) is 24.1 Å². The summed E-state index contributed by atoms with van der Waals surface area (Å²) in [5.41, 5.74) is 7.13. The Hall–Kier alpha value is -2.86. The fourth-order valence-electron chi connectivity index (χ4n) is 4.05. The van der Waals surface area contributed by atoms with Crippen molar-refractivity contribution in [3.63, 3.8) is 0 Å². The molecule has 2 aromatic heterocycles. The average Bonchev–Trinajstić information content (AvgIpc) is 3.13.